The van der Waals surface area contributed by atoms with Crippen LogP contribution in [0.3, 0.4) is 0 Å². The second kappa shape index (κ2) is 6.17. The van der Waals surface area contributed by atoms with E-state index in [0.717, 1.165) is 0 Å². The molecule has 0 atom stereocenters. The number of anilines is 1. The first-order valence-corrected chi connectivity index (χ1v) is 7.04. The van der Waals surface area contributed by atoms with Gasteiger partial charge in [0.15, 0.2) is 0 Å². The van der Waals surface area contributed by atoms with E-state index in [9.17, 15) is 4.79 Å². The number of hydrogen-bond acceptors (Lipinski definition) is 4. The molecule has 0 spiro atoms. The quantitative estimate of drug-likeness (QED) is 0.776. The largest absolute Gasteiger partial charge is 0.403 e. The van der Waals surface area contributed by atoms with Crippen LogP contribution in [0.15, 0.2) is 52.9 Å². The lowest BCUT2D eigenvalue weighted by Crippen LogP contribution is -2.11. The maximum atomic E-state index is 12.1. The summed E-state index contributed by atoms with van der Waals surface area (Å²) < 4.78 is 5.40. The van der Waals surface area contributed by atoms with E-state index in [1.807, 2.05) is 0 Å². The SMILES string of the molecule is O=C(Nc1nnc(-c2ccccc2Cl)o1)c1cccc(Cl)c1. The van der Waals surface area contributed by atoms with Crippen LogP contribution in [0.4, 0.5) is 6.01 Å². The molecule has 0 saturated carbocycles. The highest BCUT2D eigenvalue weighted by molar-refractivity contribution is 6.33. The predicted octanol–water partition coefficient (Wildman–Crippen LogP) is 4.30. The minimum atomic E-state index is -0.392. The zero-order valence-corrected chi connectivity index (χ0v) is 12.6. The number of hydrogen-bond donors (Lipinski definition) is 1. The molecular weight excluding hydrogens is 325 g/mol. The van der Waals surface area contributed by atoms with Crippen molar-refractivity contribution in [3.05, 3.63) is 64.1 Å². The second-order valence-electron chi connectivity index (χ2n) is 4.36. The summed E-state index contributed by atoms with van der Waals surface area (Å²) in [6.45, 7) is 0. The van der Waals surface area contributed by atoms with E-state index in [1.54, 1.807) is 48.5 Å². The van der Waals surface area contributed by atoms with Crippen LogP contribution in [0.1, 0.15) is 10.4 Å². The van der Waals surface area contributed by atoms with Crippen LogP contribution in [-0.2, 0) is 0 Å². The molecule has 7 heteroatoms. The predicted molar refractivity (Wildman–Crippen MR) is 84.1 cm³/mol. The van der Waals surface area contributed by atoms with Gasteiger partial charge in [-0.3, -0.25) is 10.1 Å². The Morgan fingerprint density at radius 3 is 2.64 bits per heavy atom. The molecule has 1 amide bonds. The van der Waals surface area contributed by atoms with Gasteiger partial charge in [0.2, 0.25) is 0 Å². The lowest BCUT2D eigenvalue weighted by atomic mass is 10.2. The Hall–Kier alpha value is -2.37. The van der Waals surface area contributed by atoms with Gasteiger partial charge < -0.3 is 4.42 Å². The molecule has 0 aliphatic rings. The molecule has 5 nitrogen and oxygen atoms in total. The molecule has 0 bridgehead atoms. The van der Waals surface area contributed by atoms with Gasteiger partial charge in [0, 0.05) is 10.6 Å². The number of carbonyl (C=O) groups is 1. The molecular formula is C15H9Cl2N3O2. The van der Waals surface area contributed by atoms with E-state index in [0.29, 0.717) is 21.2 Å². The van der Waals surface area contributed by atoms with Crippen LogP contribution in [0, 0.1) is 0 Å². The molecule has 1 N–H and O–H groups in total. The van der Waals surface area contributed by atoms with Crippen molar-refractivity contribution in [2.24, 2.45) is 0 Å². The Labute approximate surface area is 135 Å². The van der Waals surface area contributed by atoms with E-state index in [4.69, 9.17) is 27.6 Å². The van der Waals surface area contributed by atoms with E-state index < -0.39 is 5.91 Å². The summed E-state index contributed by atoms with van der Waals surface area (Å²) in [5.74, 6) is -0.163. The molecule has 0 radical (unpaired) electrons. The highest BCUT2D eigenvalue weighted by atomic mass is 35.5. The number of halogens is 2. The average molecular weight is 334 g/mol. The summed E-state index contributed by atoms with van der Waals surface area (Å²) in [5, 5.41) is 11.1. The van der Waals surface area contributed by atoms with Crippen LogP contribution >= 0.6 is 23.2 Å². The van der Waals surface area contributed by atoms with Gasteiger partial charge in [-0.15, -0.1) is 5.10 Å². The molecule has 22 heavy (non-hydrogen) atoms. The van der Waals surface area contributed by atoms with Gasteiger partial charge in [-0.1, -0.05) is 46.5 Å². The van der Waals surface area contributed by atoms with Gasteiger partial charge in [-0.05, 0) is 30.3 Å². The molecule has 1 heterocycles. The monoisotopic (exact) mass is 333 g/mol. The highest BCUT2D eigenvalue weighted by Gasteiger charge is 2.14. The van der Waals surface area contributed by atoms with Gasteiger partial charge in [-0.2, -0.15) is 0 Å². The first kappa shape index (κ1) is 14.6. The van der Waals surface area contributed by atoms with E-state index in [-0.39, 0.29) is 11.9 Å². The van der Waals surface area contributed by atoms with Crippen molar-refractivity contribution in [2.75, 3.05) is 5.32 Å². The van der Waals surface area contributed by atoms with Gasteiger partial charge in [-0.25, -0.2) is 0 Å². The number of carbonyl (C=O) groups excluding carboxylic acids is 1. The number of nitrogens with zero attached hydrogens (tertiary/aromatic N) is 2. The summed E-state index contributed by atoms with van der Waals surface area (Å²) in [5.41, 5.74) is 0.991. The lowest BCUT2D eigenvalue weighted by molar-refractivity contribution is 0.102. The first-order valence-electron chi connectivity index (χ1n) is 6.29. The van der Waals surface area contributed by atoms with Crippen LogP contribution in [-0.4, -0.2) is 16.1 Å². The van der Waals surface area contributed by atoms with Gasteiger partial charge >= 0.3 is 6.01 Å². The summed E-state index contributed by atoms with van der Waals surface area (Å²) in [6.07, 6.45) is 0. The number of nitrogens with one attached hydrogen (secondary N) is 1. The smallest absolute Gasteiger partial charge is 0.322 e. The molecule has 0 unspecified atom stereocenters. The molecule has 0 aliphatic carbocycles. The first-order chi connectivity index (χ1) is 10.6. The van der Waals surface area contributed by atoms with Crippen LogP contribution in [0.2, 0.25) is 10.0 Å². The Morgan fingerprint density at radius 2 is 1.86 bits per heavy atom. The molecule has 0 fully saturated rings. The van der Waals surface area contributed by atoms with Gasteiger partial charge in [0.25, 0.3) is 11.8 Å². The molecule has 3 aromatic rings. The Bertz CT molecular complexity index is 833. The van der Waals surface area contributed by atoms with Gasteiger partial charge in [0.05, 0.1) is 10.6 Å². The topological polar surface area (TPSA) is 68.0 Å². The molecule has 3 rings (SSSR count). The van der Waals surface area contributed by atoms with Crippen molar-refractivity contribution in [1.82, 2.24) is 10.2 Å². The fourth-order valence-electron chi connectivity index (χ4n) is 1.82. The molecule has 2 aromatic carbocycles. The summed E-state index contributed by atoms with van der Waals surface area (Å²) in [4.78, 5) is 12.1. The summed E-state index contributed by atoms with van der Waals surface area (Å²) >= 11 is 11.9. The van der Waals surface area contributed by atoms with Crippen molar-refractivity contribution in [3.8, 4) is 11.5 Å². The highest BCUT2D eigenvalue weighted by Crippen LogP contribution is 2.27. The van der Waals surface area contributed by atoms with Gasteiger partial charge in [0.1, 0.15) is 0 Å². The Morgan fingerprint density at radius 1 is 1.05 bits per heavy atom. The maximum absolute atomic E-state index is 12.1. The van der Waals surface area contributed by atoms with Crippen molar-refractivity contribution in [3.63, 3.8) is 0 Å². The van der Waals surface area contributed by atoms with E-state index in [2.05, 4.69) is 15.5 Å². The number of rotatable bonds is 3. The summed E-state index contributed by atoms with van der Waals surface area (Å²) in [6, 6.07) is 13.6. The zero-order chi connectivity index (χ0) is 15.5. The van der Waals surface area contributed by atoms with Crippen LogP contribution < -0.4 is 5.32 Å². The van der Waals surface area contributed by atoms with Crippen molar-refractivity contribution < 1.29 is 9.21 Å². The minimum absolute atomic E-state index is 0.0140. The fourth-order valence-corrected chi connectivity index (χ4v) is 2.22. The zero-order valence-electron chi connectivity index (χ0n) is 11.1. The molecule has 110 valence electrons. The van der Waals surface area contributed by atoms with Crippen LogP contribution in [0.5, 0.6) is 0 Å². The second-order valence-corrected chi connectivity index (χ2v) is 5.20. The third kappa shape index (κ3) is 3.10. The van der Waals surface area contributed by atoms with E-state index in [1.165, 1.54) is 0 Å². The lowest BCUT2D eigenvalue weighted by Gasteiger charge is -2.01. The van der Waals surface area contributed by atoms with E-state index >= 15 is 0 Å². The molecule has 1 aromatic heterocycles. The summed E-state index contributed by atoms with van der Waals surface area (Å²) in [7, 11) is 0. The molecule has 0 aliphatic heterocycles. The van der Waals surface area contributed by atoms with Crippen LogP contribution in [0.25, 0.3) is 11.5 Å². The third-order valence-corrected chi connectivity index (χ3v) is 3.40. The number of benzene rings is 2. The fraction of sp³-hybridized carbons (Fsp3) is 0. The Kier molecular flexibility index (Phi) is 4.09. The van der Waals surface area contributed by atoms with Crippen molar-refractivity contribution in [2.45, 2.75) is 0 Å². The normalized spacial score (nSPS) is 10.5. The van der Waals surface area contributed by atoms with Crippen molar-refractivity contribution in [1.29, 1.82) is 0 Å². The number of amides is 1. The standard InChI is InChI=1S/C15H9Cl2N3O2/c16-10-5-3-4-9(8-10)13(21)18-15-20-19-14(22-15)11-6-1-2-7-12(11)17/h1-8H,(H,18,20,21). The Balaban J connectivity index is 1.80. The maximum Gasteiger partial charge on any atom is 0.322 e. The third-order valence-electron chi connectivity index (χ3n) is 2.84. The van der Waals surface area contributed by atoms with Crippen molar-refractivity contribution >= 4 is 35.1 Å². The minimum Gasteiger partial charge on any atom is -0.403 e. The molecule has 0 saturated heterocycles. The average Bonchev–Trinajstić information content (AvgIpc) is 2.96. The number of aromatic nitrogens is 2.